The highest BCUT2D eigenvalue weighted by atomic mass is 16.5. The standard InChI is InChI=1S/C26H25N9O2/c1-15(2)34-13-20(33-36)31-24(34)18-6-4-16(5-7-18)12-35-25-19(11-30-35)10-27-23(32-25)21-22(17-8-9-17)28-14-29-26(21)37-3/h4-7,10-11,13-15,17H,8-9,12H2,1-3H3. The Morgan fingerprint density at radius 1 is 1.08 bits per heavy atom. The molecule has 1 saturated carbocycles. The first-order chi connectivity index (χ1) is 18.1. The number of methoxy groups -OCH3 is 1. The molecular weight excluding hydrogens is 470 g/mol. The second-order valence-corrected chi connectivity index (χ2v) is 9.40. The topological polar surface area (TPSA) is 126 Å². The van der Waals surface area contributed by atoms with Crippen LogP contribution in [0.2, 0.25) is 0 Å². The van der Waals surface area contributed by atoms with Gasteiger partial charge in [0.1, 0.15) is 17.7 Å². The van der Waals surface area contributed by atoms with Crippen LogP contribution in [-0.2, 0) is 6.54 Å². The Hall–Kier alpha value is -4.54. The zero-order valence-electron chi connectivity index (χ0n) is 20.7. The Morgan fingerprint density at radius 3 is 2.59 bits per heavy atom. The molecule has 11 nitrogen and oxygen atoms in total. The third-order valence-electron chi connectivity index (χ3n) is 6.51. The van der Waals surface area contributed by atoms with E-state index in [0.717, 1.165) is 46.3 Å². The molecule has 0 atom stereocenters. The largest absolute Gasteiger partial charge is 0.480 e. The highest BCUT2D eigenvalue weighted by Gasteiger charge is 2.31. The first kappa shape index (κ1) is 22.9. The number of fused-ring (bicyclic) bond motifs is 1. The number of hydrogen-bond donors (Lipinski definition) is 0. The van der Waals surface area contributed by atoms with Crippen molar-refractivity contribution in [1.29, 1.82) is 0 Å². The minimum Gasteiger partial charge on any atom is -0.480 e. The smallest absolute Gasteiger partial charge is 0.227 e. The molecule has 5 aromatic rings. The van der Waals surface area contributed by atoms with Crippen molar-refractivity contribution in [1.82, 2.24) is 39.3 Å². The number of imidazole rings is 1. The van der Waals surface area contributed by atoms with Crippen LogP contribution in [0.1, 0.15) is 49.9 Å². The van der Waals surface area contributed by atoms with Crippen LogP contribution in [0.3, 0.4) is 0 Å². The highest BCUT2D eigenvalue weighted by Crippen LogP contribution is 2.44. The van der Waals surface area contributed by atoms with Gasteiger partial charge in [0.25, 0.3) is 0 Å². The predicted molar refractivity (Wildman–Crippen MR) is 137 cm³/mol. The second-order valence-electron chi connectivity index (χ2n) is 9.40. The molecule has 0 radical (unpaired) electrons. The summed E-state index contributed by atoms with van der Waals surface area (Å²) in [5.74, 6) is 2.29. The molecule has 0 aliphatic heterocycles. The van der Waals surface area contributed by atoms with Crippen molar-refractivity contribution in [3.8, 4) is 28.7 Å². The van der Waals surface area contributed by atoms with Crippen molar-refractivity contribution in [2.45, 2.75) is 45.2 Å². The van der Waals surface area contributed by atoms with Crippen LogP contribution in [0.5, 0.6) is 5.88 Å². The number of rotatable bonds is 8. The van der Waals surface area contributed by atoms with Crippen molar-refractivity contribution in [3.05, 3.63) is 65.3 Å². The molecule has 1 fully saturated rings. The van der Waals surface area contributed by atoms with Gasteiger partial charge in [0, 0.05) is 23.7 Å². The predicted octanol–water partition coefficient (Wildman–Crippen LogP) is 5.06. The van der Waals surface area contributed by atoms with Crippen LogP contribution in [-0.4, -0.2) is 46.4 Å². The van der Waals surface area contributed by atoms with Gasteiger partial charge in [-0.1, -0.05) is 24.3 Å². The summed E-state index contributed by atoms with van der Waals surface area (Å²) in [7, 11) is 1.60. The number of ether oxygens (including phenoxy) is 1. The maximum absolute atomic E-state index is 11.0. The molecule has 6 rings (SSSR count). The Balaban J connectivity index is 1.33. The molecular formula is C26H25N9O2. The van der Waals surface area contributed by atoms with Gasteiger partial charge >= 0.3 is 0 Å². The van der Waals surface area contributed by atoms with Crippen molar-refractivity contribution in [2.24, 2.45) is 5.18 Å². The average molecular weight is 496 g/mol. The minimum atomic E-state index is 0.149. The molecule has 0 N–H and O–H groups in total. The van der Waals surface area contributed by atoms with E-state index in [9.17, 15) is 4.91 Å². The van der Waals surface area contributed by atoms with Gasteiger partial charge in [-0.2, -0.15) is 5.10 Å². The van der Waals surface area contributed by atoms with Gasteiger partial charge in [0.05, 0.1) is 37.1 Å². The van der Waals surface area contributed by atoms with Gasteiger partial charge in [-0.15, -0.1) is 4.91 Å². The van der Waals surface area contributed by atoms with Gasteiger partial charge in [-0.3, -0.25) is 0 Å². The van der Waals surface area contributed by atoms with Gasteiger partial charge in [-0.05, 0) is 37.4 Å². The van der Waals surface area contributed by atoms with Crippen molar-refractivity contribution in [2.75, 3.05) is 7.11 Å². The van der Waals surface area contributed by atoms with Crippen LogP contribution in [0, 0.1) is 4.91 Å². The average Bonchev–Trinajstić information content (AvgIpc) is 3.56. The van der Waals surface area contributed by atoms with Gasteiger partial charge in [0.15, 0.2) is 11.5 Å². The molecule has 0 saturated heterocycles. The molecule has 37 heavy (non-hydrogen) atoms. The van der Waals surface area contributed by atoms with E-state index in [1.165, 1.54) is 6.33 Å². The lowest BCUT2D eigenvalue weighted by Crippen LogP contribution is -2.05. The van der Waals surface area contributed by atoms with Crippen LogP contribution >= 0.6 is 0 Å². The van der Waals surface area contributed by atoms with Gasteiger partial charge in [0.2, 0.25) is 11.7 Å². The maximum atomic E-state index is 11.0. The summed E-state index contributed by atoms with van der Waals surface area (Å²) in [4.78, 5) is 33.6. The van der Waals surface area contributed by atoms with E-state index in [1.54, 1.807) is 25.7 Å². The SMILES string of the molecule is COc1ncnc(C2CC2)c1-c1ncc2cnn(Cc3ccc(-c4nc(N=O)cn4C(C)C)cc3)c2n1. The minimum absolute atomic E-state index is 0.149. The lowest BCUT2D eigenvalue weighted by Gasteiger charge is -2.12. The Labute approximate surface area is 212 Å². The zero-order chi connectivity index (χ0) is 25.5. The quantitative estimate of drug-likeness (QED) is 0.273. The number of aromatic nitrogens is 8. The summed E-state index contributed by atoms with van der Waals surface area (Å²) in [6.45, 7) is 4.60. The van der Waals surface area contributed by atoms with Gasteiger partial charge < -0.3 is 9.30 Å². The summed E-state index contributed by atoms with van der Waals surface area (Å²) in [6.07, 6.45) is 8.93. The summed E-state index contributed by atoms with van der Waals surface area (Å²) in [5, 5.41) is 8.40. The molecule has 186 valence electrons. The fraction of sp³-hybridized carbons (Fsp3) is 0.308. The van der Waals surface area contributed by atoms with Crippen LogP contribution in [0.15, 0.2) is 54.4 Å². The van der Waals surface area contributed by atoms with Crippen molar-refractivity contribution >= 4 is 16.9 Å². The van der Waals surface area contributed by atoms with Gasteiger partial charge in [-0.25, -0.2) is 29.6 Å². The Kier molecular flexibility index (Phi) is 5.67. The van der Waals surface area contributed by atoms with Crippen LogP contribution in [0.4, 0.5) is 5.82 Å². The van der Waals surface area contributed by atoms with Crippen LogP contribution in [0.25, 0.3) is 33.8 Å². The molecule has 4 aromatic heterocycles. The van der Waals surface area contributed by atoms with E-state index in [4.69, 9.17) is 9.72 Å². The number of hydrogen-bond acceptors (Lipinski definition) is 9. The second kappa shape index (κ2) is 9.16. The third kappa shape index (κ3) is 4.22. The third-order valence-corrected chi connectivity index (χ3v) is 6.51. The van der Waals surface area contributed by atoms with Crippen molar-refractivity contribution in [3.63, 3.8) is 0 Å². The molecule has 0 unspecified atom stereocenters. The summed E-state index contributed by atoms with van der Waals surface area (Å²) in [5.41, 5.74) is 4.35. The van der Waals surface area contributed by atoms with E-state index < -0.39 is 0 Å². The molecule has 0 amide bonds. The number of benzene rings is 1. The van der Waals surface area contributed by atoms with E-state index >= 15 is 0 Å². The first-order valence-corrected chi connectivity index (χ1v) is 12.1. The number of nitroso groups, excluding NO2 is 1. The normalized spacial score (nSPS) is 13.4. The monoisotopic (exact) mass is 495 g/mol. The molecule has 11 heteroatoms. The molecule has 0 spiro atoms. The fourth-order valence-electron chi connectivity index (χ4n) is 4.48. The lowest BCUT2D eigenvalue weighted by atomic mass is 10.1. The van der Waals surface area contributed by atoms with E-state index in [0.29, 0.717) is 30.0 Å². The summed E-state index contributed by atoms with van der Waals surface area (Å²) >= 11 is 0. The lowest BCUT2D eigenvalue weighted by molar-refractivity contribution is 0.397. The van der Waals surface area contributed by atoms with Crippen molar-refractivity contribution < 1.29 is 4.74 Å². The van der Waals surface area contributed by atoms with E-state index in [-0.39, 0.29) is 11.9 Å². The molecule has 1 aliphatic carbocycles. The number of nitrogens with zero attached hydrogens (tertiary/aromatic N) is 9. The Morgan fingerprint density at radius 2 is 1.89 bits per heavy atom. The fourth-order valence-corrected chi connectivity index (χ4v) is 4.48. The molecule has 0 bridgehead atoms. The van der Waals surface area contributed by atoms with Crippen LogP contribution < -0.4 is 4.74 Å². The Bertz CT molecular complexity index is 1600. The van der Waals surface area contributed by atoms with E-state index in [2.05, 4.69) is 30.2 Å². The summed E-state index contributed by atoms with van der Waals surface area (Å²) < 4.78 is 9.33. The summed E-state index contributed by atoms with van der Waals surface area (Å²) in [6, 6.07) is 8.18. The van der Waals surface area contributed by atoms with E-state index in [1.807, 2.05) is 47.4 Å². The maximum Gasteiger partial charge on any atom is 0.227 e. The first-order valence-electron chi connectivity index (χ1n) is 12.1. The molecule has 4 heterocycles. The highest BCUT2D eigenvalue weighted by molar-refractivity contribution is 5.77. The molecule has 1 aromatic carbocycles. The molecule has 1 aliphatic rings. The zero-order valence-corrected chi connectivity index (χ0v) is 20.7.